The Morgan fingerprint density at radius 3 is 2.84 bits per heavy atom. The normalized spacial score (nSPS) is 12.4. The summed E-state index contributed by atoms with van der Waals surface area (Å²) in [6.07, 6.45) is 0.670. The summed E-state index contributed by atoms with van der Waals surface area (Å²) in [4.78, 5) is 4.37. The van der Waals surface area contributed by atoms with Gasteiger partial charge in [-0.15, -0.1) is 11.3 Å². The maximum absolute atomic E-state index is 10.2. The van der Waals surface area contributed by atoms with Crippen LogP contribution in [0.15, 0.2) is 28.1 Å². The maximum Gasteiger partial charge on any atom is 0.122 e. The van der Waals surface area contributed by atoms with E-state index < -0.39 is 6.10 Å². The van der Waals surface area contributed by atoms with Crippen molar-refractivity contribution in [2.24, 2.45) is 0 Å². The Balaban J connectivity index is 2.05. The van der Waals surface area contributed by atoms with E-state index in [1.54, 1.807) is 18.4 Å². The lowest BCUT2D eigenvalue weighted by atomic mass is 10.0. The van der Waals surface area contributed by atoms with Crippen LogP contribution in [0.1, 0.15) is 16.3 Å². The summed E-state index contributed by atoms with van der Waals surface area (Å²) in [5.41, 5.74) is 1.94. The van der Waals surface area contributed by atoms with Crippen molar-refractivity contribution < 1.29 is 9.84 Å². The zero-order chi connectivity index (χ0) is 13.8. The molecule has 0 fully saturated rings. The molecule has 5 heteroatoms. The first-order chi connectivity index (χ1) is 9.08. The highest BCUT2D eigenvalue weighted by Crippen LogP contribution is 2.25. The first-order valence-electron chi connectivity index (χ1n) is 6.00. The Bertz CT molecular complexity index is 556. The molecule has 0 aliphatic heterocycles. The standard InChI is InChI=1S/C14H16BrNO2S/c1-9-16-12(8-19-9)7-13(17)6-10-5-11(15)3-4-14(10)18-2/h3-5,8,13,17H,6-7H2,1-2H3. The van der Waals surface area contributed by atoms with Crippen LogP contribution < -0.4 is 4.74 Å². The first-order valence-corrected chi connectivity index (χ1v) is 7.67. The smallest absolute Gasteiger partial charge is 0.122 e. The second-order valence-electron chi connectivity index (χ2n) is 4.38. The van der Waals surface area contributed by atoms with E-state index in [0.29, 0.717) is 12.8 Å². The summed E-state index contributed by atoms with van der Waals surface area (Å²) in [7, 11) is 1.64. The van der Waals surface area contributed by atoms with Crippen LogP contribution in [0.25, 0.3) is 0 Å². The van der Waals surface area contributed by atoms with Crippen molar-refractivity contribution in [1.29, 1.82) is 0 Å². The molecule has 3 nitrogen and oxygen atoms in total. The number of aliphatic hydroxyl groups excluding tert-OH is 1. The Morgan fingerprint density at radius 1 is 1.42 bits per heavy atom. The van der Waals surface area contributed by atoms with Crippen molar-refractivity contribution in [1.82, 2.24) is 4.98 Å². The summed E-state index contributed by atoms with van der Waals surface area (Å²) < 4.78 is 6.30. The average Bonchev–Trinajstić information content (AvgIpc) is 2.75. The minimum absolute atomic E-state index is 0.454. The van der Waals surface area contributed by atoms with E-state index in [4.69, 9.17) is 4.74 Å². The van der Waals surface area contributed by atoms with E-state index in [-0.39, 0.29) is 0 Å². The van der Waals surface area contributed by atoms with Crippen LogP contribution in [-0.4, -0.2) is 23.3 Å². The molecule has 1 aromatic carbocycles. The average molecular weight is 342 g/mol. The highest BCUT2D eigenvalue weighted by Gasteiger charge is 2.12. The van der Waals surface area contributed by atoms with Gasteiger partial charge in [-0.1, -0.05) is 15.9 Å². The van der Waals surface area contributed by atoms with Gasteiger partial charge in [0.05, 0.1) is 23.9 Å². The quantitative estimate of drug-likeness (QED) is 0.906. The summed E-state index contributed by atoms with van der Waals surface area (Å²) in [6.45, 7) is 1.97. The Kier molecular flexibility index (Phi) is 4.96. The zero-order valence-corrected chi connectivity index (χ0v) is 13.3. The molecule has 102 valence electrons. The monoisotopic (exact) mass is 341 g/mol. The van der Waals surface area contributed by atoms with Gasteiger partial charge in [0, 0.05) is 22.7 Å². The third-order valence-electron chi connectivity index (χ3n) is 2.81. The molecule has 1 atom stereocenters. The molecule has 1 unspecified atom stereocenters. The van der Waals surface area contributed by atoms with E-state index >= 15 is 0 Å². The number of thiazole rings is 1. The number of hydrogen-bond donors (Lipinski definition) is 1. The van der Waals surface area contributed by atoms with Crippen LogP contribution in [0.2, 0.25) is 0 Å². The predicted octanol–water partition coefficient (Wildman–Crippen LogP) is 3.37. The number of ether oxygens (including phenoxy) is 1. The van der Waals surface area contributed by atoms with Gasteiger partial charge in [-0.25, -0.2) is 4.98 Å². The summed E-state index contributed by atoms with van der Waals surface area (Å²) in [6, 6.07) is 5.81. The highest BCUT2D eigenvalue weighted by atomic mass is 79.9. The van der Waals surface area contributed by atoms with E-state index in [9.17, 15) is 5.11 Å². The van der Waals surface area contributed by atoms with E-state index in [0.717, 1.165) is 26.5 Å². The lowest BCUT2D eigenvalue weighted by Crippen LogP contribution is -2.14. The minimum atomic E-state index is -0.454. The van der Waals surface area contributed by atoms with Crippen LogP contribution >= 0.6 is 27.3 Å². The molecule has 0 radical (unpaired) electrons. The SMILES string of the molecule is COc1ccc(Br)cc1CC(O)Cc1csc(C)n1. The molecule has 0 aliphatic carbocycles. The molecule has 1 aromatic heterocycles. The van der Waals surface area contributed by atoms with E-state index in [1.807, 2.05) is 30.5 Å². The molecule has 0 saturated heterocycles. The Morgan fingerprint density at radius 2 is 2.21 bits per heavy atom. The van der Waals surface area contributed by atoms with Crippen LogP contribution in [-0.2, 0) is 12.8 Å². The van der Waals surface area contributed by atoms with Crippen molar-refractivity contribution in [3.8, 4) is 5.75 Å². The van der Waals surface area contributed by atoms with Crippen molar-refractivity contribution in [2.45, 2.75) is 25.9 Å². The van der Waals surface area contributed by atoms with E-state index in [1.165, 1.54) is 0 Å². The molecule has 0 spiro atoms. The number of aromatic nitrogens is 1. The molecule has 0 saturated carbocycles. The fourth-order valence-electron chi connectivity index (χ4n) is 1.98. The summed E-state index contributed by atoms with van der Waals surface area (Å²) in [5.74, 6) is 0.803. The maximum atomic E-state index is 10.2. The Labute approximate surface area is 125 Å². The highest BCUT2D eigenvalue weighted by molar-refractivity contribution is 9.10. The summed E-state index contributed by atoms with van der Waals surface area (Å²) >= 11 is 5.05. The van der Waals surface area contributed by atoms with Crippen LogP contribution in [0.4, 0.5) is 0 Å². The summed E-state index contributed by atoms with van der Waals surface area (Å²) in [5, 5.41) is 13.2. The lowest BCUT2D eigenvalue weighted by Gasteiger charge is -2.13. The molecule has 1 heterocycles. The van der Waals surface area contributed by atoms with Gasteiger partial charge in [-0.2, -0.15) is 0 Å². The fraction of sp³-hybridized carbons (Fsp3) is 0.357. The minimum Gasteiger partial charge on any atom is -0.496 e. The third kappa shape index (κ3) is 4.03. The number of benzene rings is 1. The second kappa shape index (κ2) is 6.50. The van der Waals surface area contributed by atoms with Gasteiger partial charge < -0.3 is 9.84 Å². The Hall–Kier alpha value is -0.910. The van der Waals surface area contributed by atoms with Crippen LogP contribution in [0, 0.1) is 6.92 Å². The van der Waals surface area contributed by atoms with Crippen LogP contribution in [0.5, 0.6) is 5.75 Å². The van der Waals surface area contributed by atoms with Crippen molar-refractivity contribution in [2.75, 3.05) is 7.11 Å². The second-order valence-corrected chi connectivity index (χ2v) is 6.35. The largest absolute Gasteiger partial charge is 0.496 e. The number of nitrogens with zero attached hydrogens (tertiary/aromatic N) is 1. The number of aliphatic hydroxyl groups is 1. The molecular weight excluding hydrogens is 326 g/mol. The molecule has 0 amide bonds. The number of halogens is 1. The van der Waals surface area contributed by atoms with Gasteiger partial charge in [0.15, 0.2) is 0 Å². The number of hydrogen-bond acceptors (Lipinski definition) is 4. The van der Waals surface area contributed by atoms with Crippen molar-refractivity contribution in [3.63, 3.8) is 0 Å². The molecule has 2 aromatic rings. The van der Waals surface area contributed by atoms with Crippen molar-refractivity contribution >= 4 is 27.3 Å². The number of rotatable bonds is 5. The molecule has 0 aliphatic rings. The molecule has 1 N–H and O–H groups in total. The van der Waals surface area contributed by atoms with Gasteiger partial charge in [0.1, 0.15) is 5.75 Å². The van der Waals surface area contributed by atoms with Gasteiger partial charge >= 0.3 is 0 Å². The third-order valence-corrected chi connectivity index (χ3v) is 4.12. The van der Waals surface area contributed by atoms with Gasteiger partial charge in [0.25, 0.3) is 0 Å². The molecule has 19 heavy (non-hydrogen) atoms. The first kappa shape index (κ1) is 14.5. The topological polar surface area (TPSA) is 42.4 Å². The van der Waals surface area contributed by atoms with Gasteiger partial charge in [0.2, 0.25) is 0 Å². The predicted molar refractivity (Wildman–Crippen MR) is 81.0 cm³/mol. The van der Waals surface area contributed by atoms with Gasteiger partial charge in [-0.05, 0) is 30.7 Å². The van der Waals surface area contributed by atoms with Gasteiger partial charge in [-0.3, -0.25) is 0 Å². The van der Waals surface area contributed by atoms with E-state index in [2.05, 4.69) is 20.9 Å². The number of methoxy groups -OCH3 is 1. The fourth-order valence-corrected chi connectivity index (χ4v) is 3.01. The molecular formula is C14H16BrNO2S. The van der Waals surface area contributed by atoms with Crippen LogP contribution in [0.3, 0.4) is 0 Å². The van der Waals surface area contributed by atoms with Crippen molar-refractivity contribution in [3.05, 3.63) is 44.3 Å². The zero-order valence-electron chi connectivity index (χ0n) is 10.9. The number of aryl methyl sites for hydroxylation is 1. The lowest BCUT2D eigenvalue weighted by molar-refractivity contribution is 0.173. The molecule has 2 rings (SSSR count). The molecule has 0 bridgehead atoms.